The van der Waals surface area contributed by atoms with Crippen molar-refractivity contribution in [3.05, 3.63) is 35.7 Å². The highest BCUT2D eigenvalue weighted by atomic mass is 16.5. The standard InChI is InChI=1S/C20H27N3O4/c1-12(2)11-16(20(25)26)21-17(24)9-10-18-22-19(23-27-18)15-7-5-14(6-8-15)13(3)4/h5-8,12-13,16H,9-11H2,1-4H3,(H,21,24)(H,25,26)/t16-/m1/s1. The quantitative estimate of drug-likeness (QED) is 0.698. The fourth-order valence-electron chi connectivity index (χ4n) is 2.67. The number of carboxylic acids is 1. The lowest BCUT2D eigenvalue weighted by atomic mass is 10.0. The van der Waals surface area contributed by atoms with Gasteiger partial charge in [-0.2, -0.15) is 4.98 Å². The molecule has 0 unspecified atom stereocenters. The zero-order chi connectivity index (χ0) is 20.0. The van der Waals surface area contributed by atoms with Crippen LogP contribution in [-0.2, 0) is 16.0 Å². The van der Waals surface area contributed by atoms with E-state index in [0.717, 1.165) is 5.56 Å². The topological polar surface area (TPSA) is 105 Å². The van der Waals surface area contributed by atoms with Crippen molar-refractivity contribution in [2.75, 3.05) is 0 Å². The summed E-state index contributed by atoms with van der Waals surface area (Å²) in [5.74, 6) is 0.0783. The molecule has 0 fully saturated rings. The first-order chi connectivity index (χ1) is 12.8. The molecule has 0 aliphatic carbocycles. The highest BCUT2D eigenvalue weighted by molar-refractivity contribution is 5.83. The molecule has 1 atom stereocenters. The number of nitrogens with one attached hydrogen (secondary N) is 1. The van der Waals surface area contributed by atoms with E-state index >= 15 is 0 Å². The van der Waals surface area contributed by atoms with Crippen molar-refractivity contribution in [1.29, 1.82) is 0 Å². The number of benzene rings is 1. The molecular weight excluding hydrogens is 346 g/mol. The minimum Gasteiger partial charge on any atom is -0.480 e. The largest absolute Gasteiger partial charge is 0.480 e. The van der Waals surface area contributed by atoms with Crippen LogP contribution in [0.4, 0.5) is 0 Å². The normalized spacial score (nSPS) is 12.4. The molecule has 0 aliphatic heterocycles. The molecule has 1 aromatic carbocycles. The van der Waals surface area contributed by atoms with Crippen LogP contribution < -0.4 is 5.32 Å². The molecule has 1 heterocycles. The van der Waals surface area contributed by atoms with Gasteiger partial charge in [0.1, 0.15) is 6.04 Å². The van der Waals surface area contributed by atoms with Gasteiger partial charge in [-0.1, -0.05) is 57.1 Å². The van der Waals surface area contributed by atoms with E-state index in [1.54, 1.807) is 0 Å². The van der Waals surface area contributed by atoms with Gasteiger partial charge < -0.3 is 14.9 Å². The molecule has 0 radical (unpaired) electrons. The van der Waals surface area contributed by atoms with Gasteiger partial charge in [0.2, 0.25) is 17.6 Å². The van der Waals surface area contributed by atoms with Crippen LogP contribution in [0.1, 0.15) is 57.9 Å². The molecule has 1 aromatic heterocycles. The monoisotopic (exact) mass is 373 g/mol. The highest BCUT2D eigenvalue weighted by Crippen LogP contribution is 2.20. The minimum atomic E-state index is -1.03. The second-order valence-corrected chi connectivity index (χ2v) is 7.38. The maximum atomic E-state index is 12.0. The molecule has 0 spiro atoms. The summed E-state index contributed by atoms with van der Waals surface area (Å²) in [7, 11) is 0. The number of hydrogen-bond acceptors (Lipinski definition) is 5. The number of aromatic nitrogens is 2. The average molecular weight is 373 g/mol. The van der Waals surface area contributed by atoms with Crippen molar-refractivity contribution in [3.8, 4) is 11.4 Å². The molecular formula is C20H27N3O4. The Morgan fingerprint density at radius 2 is 1.81 bits per heavy atom. The molecule has 0 saturated heterocycles. The summed E-state index contributed by atoms with van der Waals surface area (Å²) >= 11 is 0. The van der Waals surface area contributed by atoms with Gasteiger partial charge in [-0.15, -0.1) is 0 Å². The van der Waals surface area contributed by atoms with Gasteiger partial charge in [0, 0.05) is 18.4 Å². The third-order valence-electron chi connectivity index (χ3n) is 4.21. The Kier molecular flexibility index (Phi) is 7.10. The lowest BCUT2D eigenvalue weighted by Gasteiger charge is -2.16. The molecule has 0 aliphatic rings. The Bertz CT molecular complexity index is 766. The number of carboxylic acid groups (broad SMARTS) is 1. The van der Waals surface area contributed by atoms with Crippen molar-refractivity contribution in [3.63, 3.8) is 0 Å². The Hall–Kier alpha value is -2.70. The van der Waals surface area contributed by atoms with E-state index < -0.39 is 12.0 Å². The van der Waals surface area contributed by atoms with Crippen molar-refractivity contribution >= 4 is 11.9 Å². The summed E-state index contributed by atoms with van der Waals surface area (Å²) in [6.07, 6.45) is 0.741. The number of carbonyl (C=O) groups is 2. The summed E-state index contributed by atoms with van der Waals surface area (Å²) in [5, 5.41) is 15.7. The van der Waals surface area contributed by atoms with Gasteiger partial charge >= 0.3 is 5.97 Å². The molecule has 2 rings (SSSR count). The van der Waals surface area contributed by atoms with Crippen LogP contribution in [0, 0.1) is 5.92 Å². The number of hydrogen-bond donors (Lipinski definition) is 2. The van der Waals surface area contributed by atoms with Crippen LogP contribution in [-0.4, -0.2) is 33.2 Å². The second kappa shape index (κ2) is 9.30. The average Bonchev–Trinajstić information content (AvgIpc) is 3.08. The summed E-state index contributed by atoms with van der Waals surface area (Å²) in [6.45, 7) is 8.08. The molecule has 0 bridgehead atoms. The van der Waals surface area contributed by atoms with Crippen LogP contribution >= 0.6 is 0 Å². The van der Waals surface area contributed by atoms with E-state index in [1.165, 1.54) is 5.56 Å². The molecule has 2 aromatic rings. The van der Waals surface area contributed by atoms with Crippen molar-refractivity contribution in [1.82, 2.24) is 15.5 Å². The summed E-state index contributed by atoms with van der Waals surface area (Å²) in [6, 6.07) is 7.07. The number of aliphatic carboxylic acids is 1. The fourth-order valence-corrected chi connectivity index (χ4v) is 2.67. The minimum absolute atomic E-state index is 0.0931. The smallest absolute Gasteiger partial charge is 0.326 e. The molecule has 7 nitrogen and oxygen atoms in total. The van der Waals surface area contributed by atoms with E-state index in [1.807, 2.05) is 38.1 Å². The van der Waals surface area contributed by atoms with Crippen molar-refractivity contribution in [2.45, 2.75) is 58.9 Å². The predicted molar refractivity (Wildman–Crippen MR) is 101 cm³/mol. The number of amides is 1. The van der Waals surface area contributed by atoms with E-state index in [4.69, 9.17) is 4.52 Å². The molecule has 1 amide bonds. The van der Waals surface area contributed by atoms with Gasteiger partial charge in [0.05, 0.1) is 0 Å². The third kappa shape index (κ3) is 6.20. The van der Waals surface area contributed by atoms with Crippen molar-refractivity contribution in [2.24, 2.45) is 5.92 Å². The van der Waals surface area contributed by atoms with Gasteiger partial charge in [-0.05, 0) is 23.8 Å². The summed E-state index contributed by atoms with van der Waals surface area (Å²) < 4.78 is 5.21. The molecule has 0 saturated carbocycles. The number of aryl methyl sites for hydroxylation is 1. The predicted octanol–water partition coefficient (Wildman–Crippen LogP) is 3.41. The van der Waals surface area contributed by atoms with Crippen LogP contribution in [0.2, 0.25) is 0 Å². The van der Waals surface area contributed by atoms with E-state index in [0.29, 0.717) is 24.1 Å². The zero-order valence-corrected chi connectivity index (χ0v) is 16.2. The van der Waals surface area contributed by atoms with Gasteiger partial charge in [-0.3, -0.25) is 4.79 Å². The first-order valence-electron chi connectivity index (χ1n) is 9.21. The maximum Gasteiger partial charge on any atom is 0.326 e. The van der Waals surface area contributed by atoms with E-state index in [-0.39, 0.29) is 24.7 Å². The van der Waals surface area contributed by atoms with Gasteiger partial charge in [0.25, 0.3) is 0 Å². The SMILES string of the molecule is CC(C)C[C@@H](NC(=O)CCc1nc(-c2ccc(C(C)C)cc2)no1)C(=O)O. The van der Waals surface area contributed by atoms with Crippen LogP contribution in [0.25, 0.3) is 11.4 Å². The van der Waals surface area contributed by atoms with Crippen molar-refractivity contribution < 1.29 is 19.2 Å². The van der Waals surface area contributed by atoms with Gasteiger partial charge in [-0.25, -0.2) is 4.79 Å². The number of rotatable bonds is 9. The third-order valence-corrected chi connectivity index (χ3v) is 4.21. The Labute approximate surface area is 159 Å². The van der Waals surface area contributed by atoms with E-state index in [9.17, 15) is 14.7 Å². The second-order valence-electron chi connectivity index (χ2n) is 7.38. The lowest BCUT2D eigenvalue weighted by molar-refractivity contribution is -0.142. The Morgan fingerprint density at radius 1 is 1.15 bits per heavy atom. The molecule has 7 heteroatoms. The molecule has 27 heavy (non-hydrogen) atoms. The Morgan fingerprint density at radius 3 is 2.37 bits per heavy atom. The Balaban J connectivity index is 1.91. The first kappa shape index (κ1) is 20.6. The summed E-state index contributed by atoms with van der Waals surface area (Å²) in [5.41, 5.74) is 2.08. The highest BCUT2D eigenvalue weighted by Gasteiger charge is 2.21. The first-order valence-corrected chi connectivity index (χ1v) is 9.21. The van der Waals surface area contributed by atoms with Gasteiger partial charge in [0.15, 0.2) is 0 Å². The van der Waals surface area contributed by atoms with E-state index in [2.05, 4.69) is 29.3 Å². The summed E-state index contributed by atoms with van der Waals surface area (Å²) in [4.78, 5) is 27.6. The van der Waals surface area contributed by atoms with Crippen LogP contribution in [0.3, 0.4) is 0 Å². The molecule has 2 N–H and O–H groups in total. The number of nitrogens with zero attached hydrogens (tertiary/aromatic N) is 2. The molecule has 146 valence electrons. The zero-order valence-electron chi connectivity index (χ0n) is 16.2. The lowest BCUT2D eigenvalue weighted by Crippen LogP contribution is -2.41. The maximum absolute atomic E-state index is 12.0. The fraction of sp³-hybridized carbons (Fsp3) is 0.500. The van der Waals surface area contributed by atoms with Crippen LogP contribution in [0.5, 0.6) is 0 Å². The number of carbonyl (C=O) groups excluding carboxylic acids is 1. The van der Waals surface area contributed by atoms with Crippen LogP contribution in [0.15, 0.2) is 28.8 Å².